The van der Waals surface area contributed by atoms with Crippen LogP contribution < -0.4 is 5.32 Å². The van der Waals surface area contributed by atoms with Gasteiger partial charge in [0.15, 0.2) is 0 Å². The monoisotopic (exact) mass is 508 g/mol. The number of hydrogen-bond donors (Lipinski definition) is 1. The molecule has 11 heteroatoms. The summed E-state index contributed by atoms with van der Waals surface area (Å²) in [6.45, 7) is 4.58. The number of benzene rings is 1. The molecule has 0 aliphatic carbocycles. The Labute approximate surface area is 205 Å². The van der Waals surface area contributed by atoms with Crippen LogP contribution in [-0.2, 0) is 38.2 Å². The minimum atomic E-state index is -3.84. The summed E-state index contributed by atoms with van der Waals surface area (Å²) in [5.41, 5.74) is 1.09. The van der Waals surface area contributed by atoms with Gasteiger partial charge in [-0.2, -0.15) is 0 Å². The normalized spacial score (nSPS) is 20.3. The quantitative estimate of drug-likeness (QED) is 0.530. The van der Waals surface area contributed by atoms with Crippen LogP contribution in [0.3, 0.4) is 0 Å². The van der Waals surface area contributed by atoms with Crippen LogP contribution in [0.5, 0.6) is 0 Å². The van der Waals surface area contributed by atoms with Gasteiger partial charge in [-0.1, -0.05) is 12.1 Å². The lowest BCUT2D eigenvalue weighted by molar-refractivity contribution is 0.0772. The summed E-state index contributed by atoms with van der Waals surface area (Å²) < 4.78 is 53.2. The van der Waals surface area contributed by atoms with Gasteiger partial charge in [-0.05, 0) is 50.3 Å². The third-order valence-corrected chi connectivity index (χ3v) is 7.87. The molecule has 1 aromatic heterocycles. The minimum absolute atomic E-state index is 0.0474. The van der Waals surface area contributed by atoms with Gasteiger partial charge in [0.05, 0.1) is 42.9 Å². The zero-order valence-electron chi connectivity index (χ0n) is 20.0. The zero-order chi connectivity index (χ0) is 24.8. The molecule has 2 aliphatic heterocycles. The number of carbonyl (C=O) groups is 1. The molecule has 2 saturated heterocycles. The molecule has 0 spiro atoms. The molecule has 2 aliphatic rings. The molecule has 0 unspecified atom stereocenters. The molecule has 192 valence electrons. The van der Waals surface area contributed by atoms with Gasteiger partial charge in [0.2, 0.25) is 15.0 Å². The van der Waals surface area contributed by atoms with Crippen LogP contribution >= 0.6 is 0 Å². The Morgan fingerprint density at radius 3 is 2.49 bits per heavy atom. The average Bonchev–Trinajstić information content (AvgIpc) is 3.59. The maximum Gasteiger partial charge on any atom is 0.317 e. The molecule has 9 nitrogen and oxygen atoms in total. The van der Waals surface area contributed by atoms with Gasteiger partial charge >= 0.3 is 6.03 Å². The second-order valence-electron chi connectivity index (χ2n) is 9.01. The van der Waals surface area contributed by atoms with Crippen LogP contribution in [0.2, 0.25) is 0 Å². The van der Waals surface area contributed by atoms with E-state index in [0.29, 0.717) is 44.1 Å². The lowest BCUT2D eigenvalue weighted by Gasteiger charge is -2.26. The number of hydrogen-bond acceptors (Lipinski definition) is 6. The fraction of sp³-hybridized carbons (Fsp3) is 0.583. The van der Waals surface area contributed by atoms with Crippen molar-refractivity contribution in [3.05, 3.63) is 47.5 Å². The number of rotatable bonds is 10. The summed E-state index contributed by atoms with van der Waals surface area (Å²) in [4.78, 5) is 18.8. The van der Waals surface area contributed by atoms with Crippen LogP contribution in [0.4, 0.5) is 9.18 Å². The molecule has 0 saturated carbocycles. The Hall–Kier alpha value is -2.50. The van der Waals surface area contributed by atoms with E-state index in [4.69, 9.17) is 9.47 Å². The Bertz CT molecular complexity index is 1090. The Morgan fingerprint density at radius 1 is 1.17 bits per heavy atom. The highest BCUT2D eigenvalue weighted by molar-refractivity contribution is 7.90. The van der Waals surface area contributed by atoms with E-state index < -0.39 is 15.7 Å². The molecular formula is C24H33FN4O5S. The van der Waals surface area contributed by atoms with Crippen molar-refractivity contribution in [2.75, 3.05) is 26.3 Å². The highest BCUT2D eigenvalue weighted by Gasteiger charge is 2.29. The molecule has 2 amide bonds. The highest BCUT2D eigenvalue weighted by Crippen LogP contribution is 2.23. The van der Waals surface area contributed by atoms with E-state index in [1.54, 1.807) is 9.47 Å². The fourth-order valence-electron chi connectivity index (χ4n) is 4.53. The molecule has 0 radical (unpaired) electrons. The molecule has 4 rings (SSSR count). The second-order valence-corrected chi connectivity index (χ2v) is 10.9. The van der Waals surface area contributed by atoms with Crippen LogP contribution in [0.25, 0.3) is 0 Å². The molecule has 2 fully saturated rings. The first-order chi connectivity index (χ1) is 16.9. The summed E-state index contributed by atoms with van der Waals surface area (Å²) in [5.74, 6) is -0.726. The summed E-state index contributed by atoms with van der Waals surface area (Å²) in [6, 6.07) is 5.16. The van der Waals surface area contributed by atoms with Crippen LogP contribution in [0.15, 0.2) is 35.6 Å². The SMILES string of the molecule is CCNC(=O)N(Cc1cnc(S(=O)(=O)Cc2ccc(F)cc2)n1C[C@@H]1CCCO1)C[C@@H]1CCCO1. The lowest BCUT2D eigenvalue weighted by Crippen LogP contribution is -2.43. The first-order valence-corrected chi connectivity index (χ1v) is 13.8. The first-order valence-electron chi connectivity index (χ1n) is 12.1. The number of aromatic nitrogens is 2. The first kappa shape index (κ1) is 25.6. The number of halogens is 1. The van der Waals surface area contributed by atoms with Gasteiger partial charge in [-0.3, -0.25) is 0 Å². The molecule has 1 N–H and O–H groups in total. The molecule has 3 heterocycles. The number of urea groups is 1. The molecule has 2 atom stereocenters. The van der Waals surface area contributed by atoms with E-state index in [-0.39, 0.29) is 35.7 Å². The van der Waals surface area contributed by atoms with Crippen molar-refractivity contribution in [2.24, 2.45) is 0 Å². The molecule has 0 bridgehead atoms. The topological polar surface area (TPSA) is 103 Å². The number of nitrogens with one attached hydrogen (secondary N) is 1. The summed E-state index contributed by atoms with van der Waals surface area (Å²) in [7, 11) is -3.84. The Morgan fingerprint density at radius 2 is 1.86 bits per heavy atom. The van der Waals surface area contributed by atoms with Crippen LogP contribution in [-0.4, -0.2) is 67.4 Å². The van der Waals surface area contributed by atoms with E-state index in [1.807, 2.05) is 6.92 Å². The molecule has 1 aromatic carbocycles. The van der Waals surface area contributed by atoms with E-state index in [9.17, 15) is 17.6 Å². The van der Waals surface area contributed by atoms with Crippen LogP contribution in [0.1, 0.15) is 43.9 Å². The molecule has 35 heavy (non-hydrogen) atoms. The second kappa shape index (κ2) is 11.5. The van der Waals surface area contributed by atoms with Gasteiger partial charge in [0, 0.05) is 26.3 Å². The van der Waals surface area contributed by atoms with Gasteiger partial charge in [0.1, 0.15) is 5.82 Å². The number of ether oxygens (including phenoxy) is 2. The highest BCUT2D eigenvalue weighted by atomic mass is 32.2. The fourth-order valence-corrected chi connectivity index (χ4v) is 6.03. The number of imidazole rings is 1. The van der Waals surface area contributed by atoms with E-state index in [1.165, 1.54) is 30.5 Å². The minimum Gasteiger partial charge on any atom is -0.376 e. The number of sulfone groups is 1. The zero-order valence-corrected chi connectivity index (χ0v) is 20.8. The maximum atomic E-state index is 13.4. The van der Waals surface area contributed by atoms with Gasteiger partial charge in [0.25, 0.3) is 0 Å². The van der Waals surface area contributed by atoms with Gasteiger partial charge < -0.3 is 24.3 Å². The number of amides is 2. The van der Waals surface area contributed by atoms with E-state index in [2.05, 4.69) is 10.3 Å². The summed E-state index contributed by atoms with van der Waals surface area (Å²) in [5, 5.41) is 2.77. The van der Waals surface area contributed by atoms with Gasteiger partial charge in [-0.25, -0.2) is 22.6 Å². The summed E-state index contributed by atoms with van der Waals surface area (Å²) in [6.07, 6.45) is 4.92. The van der Waals surface area contributed by atoms with Crippen molar-refractivity contribution in [1.29, 1.82) is 0 Å². The Balaban J connectivity index is 1.62. The maximum absolute atomic E-state index is 13.4. The van der Waals surface area contributed by atoms with Crippen molar-refractivity contribution in [2.45, 2.75) is 68.8 Å². The van der Waals surface area contributed by atoms with Crippen molar-refractivity contribution < 1.29 is 27.1 Å². The van der Waals surface area contributed by atoms with Crippen molar-refractivity contribution in [1.82, 2.24) is 19.8 Å². The molecular weight excluding hydrogens is 475 g/mol. The third-order valence-electron chi connectivity index (χ3n) is 6.28. The smallest absolute Gasteiger partial charge is 0.317 e. The van der Waals surface area contributed by atoms with Crippen molar-refractivity contribution in [3.8, 4) is 0 Å². The van der Waals surface area contributed by atoms with Gasteiger partial charge in [-0.15, -0.1) is 0 Å². The third kappa shape index (κ3) is 6.59. The van der Waals surface area contributed by atoms with Crippen molar-refractivity contribution in [3.63, 3.8) is 0 Å². The average molecular weight is 509 g/mol. The predicted octanol–water partition coefficient (Wildman–Crippen LogP) is 2.89. The number of nitrogens with zero attached hydrogens (tertiary/aromatic N) is 3. The largest absolute Gasteiger partial charge is 0.376 e. The van der Waals surface area contributed by atoms with Crippen LogP contribution in [0, 0.1) is 5.82 Å². The van der Waals surface area contributed by atoms with E-state index in [0.717, 1.165) is 25.7 Å². The number of carbonyl (C=O) groups excluding carboxylic acids is 1. The predicted molar refractivity (Wildman–Crippen MR) is 127 cm³/mol. The lowest BCUT2D eigenvalue weighted by atomic mass is 10.2. The standard InChI is InChI=1S/C24H33FN4O5S/c1-2-26-23(30)28(15-21-5-3-11-33-21)14-20-13-27-24(29(20)16-22-6-4-12-34-22)35(31,32)17-18-7-9-19(25)10-8-18/h7-10,13,21-22H,2-6,11-12,14-17H2,1H3,(H,26,30)/t21-,22-/m0/s1. The molecule has 2 aromatic rings. The van der Waals surface area contributed by atoms with E-state index >= 15 is 0 Å². The Kier molecular flexibility index (Phi) is 8.40. The van der Waals surface area contributed by atoms with Crippen molar-refractivity contribution >= 4 is 15.9 Å². The summed E-state index contributed by atoms with van der Waals surface area (Å²) >= 11 is 0.